The minimum Gasteiger partial charge on any atom is -0.377 e. The zero-order chi connectivity index (χ0) is 15.3. The van der Waals surface area contributed by atoms with Gasteiger partial charge < -0.3 is 10.1 Å². The van der Waals surface area contributed by atoms with E-state index in [4.69, 9.17) is 4.74 Å². The van der Waals surface area contributed by atoms with Crippen molar-refractivity contribution in [2.24, 2.45) is 0 Å². The van der Waals surface area contributed by atoms with Gasteiger partial charge in [-0.2, -0.15) is 0 Å². The Morgan fingerprint density at radius 3 is 2.81 bits per heavy atom. The molecule has 0 bridgehead atoms. The zero-order valence-corrected chi connectivity index (χ0v) is 13.5. The molecule has 118 valence electrons. The lowest BCUT2D eigenvalue weighted by Gasteiger charge is -2.14. The Labute approximate surface area is 127 Å². The first-order valence-corrected chi connectivity index (χ1v) is 8.92. The van der Waals surface area contributed by atoms with Crippen molar-refractivity contribution in [3.63, 3.8) is 0 Å². The maximum absolute atomic E-state index is 12.5. The van der Waals surface area contributed by atoms with Crippen molar-refractivity contribution in [2.75, 3.05) is 20.2 Å². The zero-order valence-electron chi connectivity index (χ0n) is 12.7. The molecule has 1 heterocycles. The summed E-state index contributed by atoms with van der Waals surface area (Å²) in [6.45, 7) is 3.69. The van der Waals surface area contributed by atoms with Gasteiger partial charge in [-0.1, -0.05) is 19.1 Å². The minimum atomic E-state index is -3.49. The predicted molar refractivity (Wildman–Crippen MR) is 82.7 cm³/mol. The van der Waals surface area contributed by atoms with E-state index < -0.39 is 10.0 Å². The summed E-state index contributed by atoms with van der Waals surface area (Å²) in [5.41, 5.74) is 1.81. The molecule has 1 aliphatic rings. The summed E-state index contributed by atoms with van der Waals surface area (Å²) in [4.78, 5) is 0.385. The van der Waals surface area contributed by atoms with Crippen LogP contribution in [0, 0.1) is 0 Å². The molecule has 0 aromatic heterocycles. The van der Waals surface area contributed by atoms with Gasteiger partial charge in [0.15, 0.2) is 0 Å². The van der Waals surface area contributed by atoms with Crippen molar-refractivity contribution in [1.29, 1.82) is 0 Å². The largest absolute Gasteiger partial charge is 0.377 e. The van der Waals surface area contributed by atoms with Gasteiger partial charge in [0.25, 0.3) is 0 Å². The fourth-order valence-electron chi connectivity index (χ4n) is 2.54. The highest BCUT2D eigenvalue weighted by molar-refractivity contribution is 7.89. The highest BCUT2D eigenvalue weighted by Gasteiger charge is 2.22. The van der Waals surface area contributed by atoms with E-state index in [2.05, 4.69) is 10.0 Å². The van der Waals surface area contributed by atoms with Crippen molar-refractivity contribution in [1.82, 2.24) is 10.0 Å². The molecular weight excluding hydrogens is 288 g/mol. The molecule has 0 amide bonds. The highest BCUT2D eigenvalue weighted by atomic mass is 32.2. The number of benzene rings is 1. The third kappa shape index (κ3) is 4.26. The lowest BCUT2D eigenvalue weighted by atomic mass is 10.1. The fraction of sp³-hybridized carbons (Fsp3) is 0.600. The molecule has 21 heavy (non-hydrogen) atoms. The third-order valence-corrected chi connectivity index (χ3v) is 5.21. The second kappa shape index (κ2) is 7.35. The van der Waals surface area contributed by atoms with Crippen molar-refractivity contribution in [3.8, 4) is 0 Å². The number of aryl methyl sites for hydroxylation is 1. The van der Waals surface area contributed by atoms with Gasteiger partial charge in [-0.05, 0) is 43.5 Å². The van der Waals surface area contributed by atoms with Crippen molar-refractivity contribution in [3.05, 3.63) is 29.3 Å². The Balaban J connectivity index is 2.18. The number of hydrogen-bond donors (Lipinski definition) is 2. The summed E-state index contributed by atoms with van der Waals surface area (Å²) in [5, 5.41) is 3.04. The standard InChI is InChI=1S/C15H24N2O3S/c1-3-13-7-6-12(10-16-2)9-15(13)21(18,19)17-11-14-5-4-8-20-14/h6-7,9,14,16-17H,3-5,8,10-11H2,1-2H3. The molecule has 0 saturated carbocycles. The topological polar surface area (TPSA) is 67.4 Å². The number of nitrogens with one attached hydrogen (secondary N) is 2. The van der Waals surface area contributed by atoms with Crippen LogP contribution in [0.3, 0.4) is 0 Å². The molecule has 6 heteroatoms. The molecule has 1 aromatic carbocycles. The first-order chi connectivity index (χ1) is 10.1. The molecule has 5 nitrogen and oxygen atoms in total. The molecule has 1 atom stereocenters. The van der Waals surface area contributed by atoms with E-state index in [1.54, 1.807) is 6.07 Å². The van der Waals surface area contributed by atoms with Crippen molar-refractivity contribution >= 4 is 10.0 Å². The van der Waals surface area contributed by atoms with E-state index >= 15 is 0 Å². The second-order valence-corrected chi connectivity index (χ2v) is 7.05. The Hall–Kier alpha value is -0.950. The van der Waals surface area contributed by atoms with E-state index in [0.717, 1.165) is 30.6 Å². The van der Waals surface area contributed by atoms with Gasteiger partial charge in [-0.3, -0.25) is 0 Å². The number of sulfonamides is 1. The lowest BCUT2D eigenvalue weighted by Crippen LogP contribution is -2.32. The average Bonchev–Trinajstić information content (AvgIpc) is 2.99. The Morgan fingerprint density at radius 2 is 2.19 bits per heavy atom. The lowest BCUT2D eigenvalue weighted by molar-refractivity contribution is 0.114. The Bertz CT molecular complexity index is 566. The normalized spacial score (nSPS) is 19.0. The smallest absolute Gasteiger partial charge is 0.240 e. The predicted octanol–water partition coefficient (Wildman–Crippen LogP) is 1.43. The van der Waals surface area contributed by atoms with E-state index in [-0.39, 0.29) is 6.10 Å². The molecule has 1 aliphatic heterocycles. The van der Waals surface area contributed by atoms with Crippen LogP contribution in [0.5, 0.6) is 0 Å². The average molecular weight is 312 g/mol. The van der Waals surface area contributed by atoms with Crippen LogP contribution in [0.2, 0.25) is 0 Å². The summed E-state index contributed by atoms with van der Waals surface area (Å²) in [6, 6.07) is 5.62. The van der Waals surface area contributed by atoms with Gasteiger partial charge in [0.1, 0.15) is 0 Å². The first-order valence-electron chi connectivity index (χ1n) is 7.44. The maximum atomic E-state index is 12.5. The van der Waals surface area contributed by atoms with Crippen LogP contribution in [0.1, 0.15) is 30.9 Å². The minimum absolute atomic E-state index is 0.00495. The summed E-state index contributed by atoms with van der Waals surface area (Å²) >= 11 is 0. The molecule has 0 spiro atoms. The third-order valence-electron chi connectivity index (χ3n) is 3.71. The summed E-state index contributed by atoms with van der Waals surface area (Å²) in [6.07, 6.45) is 2.62. The van der Waals surface area contributed by atoms with Crippen LogP contribution in [-0.4, -0.2) is 34.7 Å². The SMILES string of the molecule is CCc1ccc(CNC)cc1S(=O)(=O)NCC1CCCO1. The Morgan fingerprint density at radius 1 is 1.38 bits per heavy atom. The van der Waals surface area contributed by atoms with Crippen molar-refractivity contribution in [2.45, 2.75) is 43.7 Å². The molecule has 1 saturated heterocycles. The molecule has 1 unspecified atom stereocenters. The van der Waals surface area contributed by atoms with Crippen LogP contribution < -0.4 is 10.0 Å². The molecule has 1 aromatic rings. The molecule has 2 N–H and O–H groups in total. The van der Waals surface area contributed by atoms with Crippen LogP contribution >= 0.6 is 0 Å². The van der Waals surface area contributed by atoms with Crippen LogP contribution in [0.25, 0.3) is 0 Å². The van der Waals surface area contributed by atoms with Gasteiger partial charge in [0, 0.05) is 19.7 Å². The van der Waals surface area contributed by atoms with Gasteiger partial charge in [-0.25, -0.2) is 13.1 Å². The van der Waals surface area contributed by atoms with Crippen LogP contribution in [-0.2, 0) is 27.7 Å². The van der Waals surface area contributed by atoms with Gasteiger partial charge in [0.2, 0.25) is 10.0 Å². The molecular formula is C15H24N2O3S. The Kier molecular flexibility index (Phi) is 5.75. The molecule has 0 aliphatic carbocycles. The first kappa shape index (κ1) is 16.4. The maximum Gasteiger partial charge on any atom is 0.240 e. The molecule has 0 radical (unpaired) electrons. The molecule has 2 rings (SSSR count). The number of hydrogen-bond acceptors (Lipinski definition) is 4. The van der Waals surface area contributed by atoms with Gasteiger partial charge >= 0.3 is 0 Å². The molecule has 1 fully saturated rings. The van der Waals surface area contributed by atoms with Crippen molar-refractivity contribution < 1.29 is 13.2 Å². The van der Waals surface area contributed by atoms with E-state index in [1.807, 2.05) is 26.1 Å². The summed E-state index contributed by atoms with van der Waals surface area (Å²) in [5.74, 6) is 0. The van der Waals surface area contributed by atoms with E-state index in [9.17, 15) is 8.42 Å². The van der Waals surface area contributed by atoms with E-state index in [1.165, 1.54) is 0 Å². The summed E-state index contributed by atoms with van der Waals surface area (Å²) < 4.78 is 33.2. The van der Waals surface area contributed by atoms with E-state index in [0.29, 0.717) is 24.4 Å². The summed E-state index contributed by atoms with van der Waals surface area (Å²) in [7, 11) is -1.64. The van der Waals surface area contributed by atoms with Gasteiger partial charge in [-0.15, -0.1) is 0 Å². The van der Waals surface area contributed by atoms with Gasteiger partial charge in [0.05, 0.1) is 11.0 Å². The van der Waals surface area contributed by atoms with Crippen LogP contribution in [0.4, 0.5) is 0 Å². The monoisotopic (exact) mass is 312 g/mol. The fourth-order valence-corrected chi connectivity index (χ4v) is 3.97. The van der Waals surface area contributed by atoms with Crippen LogP contribution in [0.15, 0.2) is 23.1 Å². The highest BCUT2D eigenvalue weighted by Crippen LogP contribution is 2.19. The number of rotatable bonds is 7. The quantitative estimate of drug-likeness (QED) is 0.799. The number of ether oxygens (including phenoxy) is 1. The second-order valence-electron chi connectivity index (χ2n) is 5.31.